The Morgan fingerprint density at radius 2 is 2.21 bits per heavy atom. The minimum absolute atomic E-state index is 0.111. The molecule has 1 rings (SSSR count). The largest absolute Gasteiger partial charge is 0.294 e. The van der Waals surface area contributed by atoms with Crippen LogP contribution in [-0.4, -0.2) is 11.7 Å². The number of halogens is 3. The summed E-state index contributed by atoms with van der Waals surface area (Å²) in [5, 5.41) is 0. The molecule has 0 aliphatic heterocycles. The van der Waals surface area contributed by atoms with E-state index in [2.05, 4.69) is 15.9 Å². The highest BCUT2D eigenvalue weighted by molar-refractivity contribution is 9.10. The van der Waals surface area contributed by atoms with Crippen molar-refractivity contribution < 1.29 is 9.18 Å². The molecule has 0 amide bonds. The van der Waals surface area contributed by atoms with Gasteiger partial charge < -0.3 is 0 Å². The van der Waals surface area contributed by atoms with Crippen LogP contribution >= 0.6 is 27.5 Å². The Kier molecular flexibility index (Phi) is 4.55. The van der Waals surface area contributed by atoms with Crippen molar-refractivity contribution in [3.63, 3.8) is 0 Å². The first kappa shape index (κ1) is 11.7. The molecular formula is C10H9BrClFO. The van der Waals surface area contributed by atoms with Gasteiger partial charge in [0.2, 0.25) is 0 Å². The molecule has 0 aromatic heterocycles. The summed E-state index contributed by atoms with van der Waals surface area (Å²) in [6.07, 6.45) is 0.246. The van der Waals surface area contributed by atoms with Gasteiger partial charge in [0.15, 0.2) is 5.78 Å². The fraction of sp³-hybridized carbons (Fsp3) is 0.300. The summed E-state index contributed by atoms with van der Waals surface area (Å²) in [4.78, 5) is 11.5. The van der Waals surface area contributed by atoms with E-state index < -0.39 is 6.67 Å². The third kappa shape index (κ3) is 2.79. The van der Waals surface area contributed by atoms with E-state index in [1.807, 2.05) is 0 Å². The summed E-state index contributed by atoms with van der Waals surface area (Å²) in [5.41, 5.74) is 0.839. The lowest BCUT2D eigenvalue weighted by Gasteiger charge is -2.04. The zero-order valence-electron chi connectivity index (χ0n) is 7.40. The lowest BCUT2D eigenvalue weighted by Crippen LogP contribution is -2.03. The maximum Gasteiger partial charge on any atom is 0.164 e. The minimum atomic E-state index is -0.636. The molecule has 1 aromatic carbocycles. The fourth-order valence-electron chi connectivity index (χ4n) is 1.17. The van der Waals surface area contributed by atoms with Crippen molar-refractivity contribution in [1.82, 2.24) is 0 Å². The van der Waals surface area contributed by atoms with E-state index in [4.69, 9.17) is 11.6 Å². The number of alkyl halides is 2. The van der Waals surface area contributed by atoms with Crippen LogP contribution in [0.5, 0.6) is 0 Å². The van der Waals surface area contributed by atoms with Gasteiger partial charge in [-0.15, -0.1) is 11.6 Å². The van der Waals surface area contributed by atoms with Crippen molar-refractivity contribution >= 4 is 33.3 Å². The molecular weight excluding hydrogens is 270 g/mol. The van der Waals surface area contributed by atoms with Crippen LogP contribution < -0.4 is 0 Å². The normalized spacial score (nSPS) is 10.2. The standard InChI is InChI=1S/C10H9BrClFO/c11-8-1-2-9(7(5-8)6-13)10(14)3-4-12/h1-2,5H,3-4,6H2. The first-order valence-electron chi connectivity index (χ1n) is 4.12. The molecule has 0 radical (unpaired) electrons. The van der Waals surface area contributed by atoms with Gasteiger partial charge in [-0.05, 0) is 23.8 Å². The number of rotatable bonds is 4. The molecule has 4 heteroatoms. The molecule has 0 N–H and O–H groups in total. The number of hydrogen-bond acceptors (Lipinski definition) is 1. The predicted octanol–water partition coefficient (Wildman–Crippen LogP) is 3.73. The molecule has 1 nitrogen and oxygen atoms in total. The molecule has 0 aliphatic rings. The second-order valence-corrected chi connectivity index (χ2v) is 4.09. The average molecular weight is 280 g/mol. The van der Waals surface area contributed by atoms with Crippen molar-refractivity contribution in [2.24, 2.45) is 0 Å². The molecule has 0 fully saturated rings. The van der Waals surface area contributed by atoms with Crippen LogP contribution in [0.25, 0.3) is 0 Å². The number of benzene rings is 1. The van der Waals surface area contributed by atoms with Crippen LogP contribution in [0.3, 0.4) is 0 Å². The maximum atomic E-state index is 12.6. The maximum absolute atomic E-state index is 12.6. The van der Waals surface area contributed by atoms with Crippen molar-refractivity contribution in [3.8, 4) is 0 Å². The number of ketones is 1. The second-order valence-electron chi connectivity index (χ2n) is 2.80. The van der Waals surface area contributed by atoms with Crippen LogP contribution in [0.1, 0.15) is 22.3 Å². The lowest BCUT2D eigenvalue weighted by atomic mass is 10.0. The molecule has 0 aliphatic carbocycles. The van der Waals surface area contributed by atoms with Crippen molar-refractivity contribution in [2.75, 3.05) is 5.88 Å². The monoisotopic (exact) mass is 278 g/mol. The summed E-state index contributed by atoms with van der Waals surface area (Å²) in [5.74, 6) is 0.154. The third-order valence-electron chi connectivity index (χ3n) is 1.83. The van der Waals surface area contributed by atoms with Crippen LogP contribution in [0, 0.1) is 0 Å². The molecule has 1 aromatic rings. The van der Waals surface area contributed by atoms with E-state index in [1.54, 1.807) is 18.2 Å². The summed E-state index contributed by atoms with van der Waals surface area (Å²) in [6, 6.07) is 4.95. The molecule has 14 heavy (non-hydrogen) atoms. The van der Waals surface area contributed by atoms with E-state index in [0.717, 1.165) is 4.47 Å². The van der Waals surface area contributed by atoms with Gasteiger partial charge in [-0.2, -0.15) is 0 Å². The Hall–Kier alpha value is -0.410. The Labute approximate surface area is 95.4 Å². The van der Waals surface area contributed by atoms with Crippen LogP contribution in [0.4, 0.5) is 4.39 Å². The molecule has 0 heterocycles. The summed E-state index contributed by atoms with van der Waals surface area (Å²) < 4.78 is 13.3. The average Bonchev–Trinajstić information content (AvgIpc) is 2.17. The van der Waals surface area contributed by atoms with Crippen LogP contribution in [0.15, 0.2) is 22.7 Å². The fourth-order valence-corrected chi connectivity index (χ4v) is 1.75. The molecule has 0 spiro atoms. The van der Waals surface area contributed by atoms with Gasteiger partial charge in [0.25, 0.3) is 0 Å². The highest BCUT2D eigenvalue weighted by Gasteiger charge is 2.10. The molecule has 0 unspecified atom stereocenters. The molecule has 0 saturated carbocycles. The topological polar surface area (TPSA) is 17.1 Å². The smallest absolute Gasteiger partial charge is 0.164 e. The zero-order chi connectivity index (χ0) is 10.6. The number of Topliss-reactive ketones (excluding diaryl/α,β-unsaturated/α-hetero) is 1. The van der Waals surface area contributed by atoms with E-state index in [-0.39, 0.29) is 18.1 Å². The van der Waals surface area contributed by atoms with Gasteiger partial charge in [0.1, 0.15) is 6.67 Å². The van der Waals surface area contributed by atoms with E-state index in [1.165, 1.54) is 0 Å². The van der Waals surface area contributed by atoms with Crippen molar-refractivity contribution in [2.45, 2.75) is 13.1 Å². The van der Waals surface area contributed by atoms with Crippen molar-refractivity contribution in [1.29, 1.82) is 0 Å². The first-order chi connectivity index (χ1) is 6.69. The zero-order valence-corrected chi connectivity index (χ0v) is 9.74. The highest BCUT2D eigenvalue weighted by atomic mass is 79.9. The van der Waals surface area contributed by atoms with Crippen molar-refractivity contribution in [3.05, 3.63) is 33.8 Å². The Morgan fingerprint density at radius 3 is 2.79 bits per heavy atom. The molecule has 76 valence electrons. The van der Waals surface area contributed by atoms with Gasteiger partial charge in [-0.25, -0.2) is 4.39 Å². The third-order valence-corrected chi connectivity index (χ3v) is 2.52. The summed E-state index contributed by atoms with van der Waals surface area (Å²) >= 11 is 8.67. The van der Waals surface area contributed by atoms with Gasteiger partial charge >= 0.3 is 0 Å². The Balaban J connectivity index is 3.01. The first-order valence-corrected chi connectivity index (χ1v) is 5.45. The number of carbonyl (C=O) groups excluding carboxylic acids is 1. The molecule has 0 saturated heterocycles. The van der Waals surface area contributed by atoms with Gasteiger partial charge in [0, 0.05) is 22.3 Å². The van der Waals surface area contributed by atoms with E-state index in [0.29, 0.717) is 11.1 Å². The molecule has 0 bridgehead atoms. The quantitative estimate of drug-likeness (QED) is 0.606. The second kappa shape index (κ2) is 5.47. The SMILES string of the molecule is O=C(CCCl)c1ccc(Br)cc1CF. The Bertz CT molecular complexity index is 341. The number of carbonyl (C=O) groups is 1. The number of hydrogen-bond donors (Lipinski definition) is 0. The van der Waals surface area contributed by atoms with E-state index in [9.17, 15) is 9.18 Å². The minimum Gasteiger partial charge on any atom is -0.294 e. The Morgan fingerprint density at radius 1 is 1.50 bits per heavy atom. The summed E-state index contributed by atoms with van der Waals surface area (Å²) in [7, 11) is 0. The highest BCUT2D eigenvalue weighted by Crippen LogP contribution is 2.19. The van der Waals surface area contributed by atoms with Gasteiger partial charge in [-0.1, -0.05) is 15.9 Å². The van der Waals surface area contributed by atoms with Crippen LogP contribution in [0.2, 0.25) is 0 Å². The van der Waals surface area contributed by atoms with Gasteiger partial charge in [-0.3, -0.25) is 4.79 Å². The van der Waals surface area contributed by atoms with Gasteiger partial charge in [0.05, 0.1) is 0 Å². The summed E-state index contributed by atoms with van der Waals surface area (Å²) in [6.45, 7) is -0.636. The lowest BCUT2D eigenvalue weighted by molar-refractivity contribution is 0.0987. The van der Waals surface area contributed by atoms with Crippen LogP contribution in [-0.2, 0) is 6.67 Å². The molecule has 0 atom stereocenters. The predicted molar refractivity (Wildman–Crippen MR) is 58.6 cm³/mol. The van der Waals surface area contributed by atoms with E-state index >= 15 is 0 Å².